The summed E-state index contributed by atoms with van der Waals surface area (Å²) < 4.78 is 6.20. The maximum atomic E-state index is 11.6. The molecule has 0 unspecified atom stereocenters. The largest absolute Gasteiger partial charge is 0.437 e. The lowest BCUT2D eigenvalue weighted by molar-refractivity contribution is -0.121. The summed E-state index contributed by atoms with van der Waals surface area (Å²) >= 11 is 5.43. The van der Waals surface area contributed by atoms with E-state index < -0.39 is 5.76 Å². The molecule has 0 aliphatic carbocycles. The fourth-order valence-corrected chi connectivity index (χ4v) is 2.19. The van der Waals surface area contributed by atoms with Gasteiger partial charge in [-0.1, -0.05) is 6.07 Å². The van der Waals surface area contributed by atoms with Crippen LogP contribution >= 0.6 is 24.0 Å². The van der Waals surface area contributed by atoms with Crippen LogP contribution in [0.25, 0.3) is 10.8 Å². The van der Waals surface area contributed by atoms with Gasteiger partial charge in [-0.25, -0.2) is 4.79 Å². The van der Waals surface area contributed by atoms with Crippen molar-refractivity contribution in [1.29, 1.82) is 0 Å². The van der Waals surface area contributed by atoms with Crippen LogP contribution in [0.2, 0.25) is 0 Å². The standard InChI is InChI=1S/C11H13N3O3S2/c15-9(12-4-6-18)3-5-14-11(16)17-10(13-14)8-2-1-7-19-8/h1-2,7,18H,3-6H2,(H,12,15). The average Bonchev–Trinajstić information content (AvgIpc) is 3.03. The molecule has 0 saturated carbocycles. The van der Waals surface area contributed by atoms with Crippen molar-refractivity contribution in [2.24, 2.45) is 0 Å². The van der Waals surface area contributed by atoms with Crippen LogP contribution in [0.15, 0.2) is 26.7 Å². The molecule has 0 bridgehead atoms. The van der Waals surface area contributed by atoms with Crippen LogP contribution in [0.4, 0.5) is 0 Å². The van der Waals surface area contributed by atoms with Crippen molar-refractivity contribution in [2.45, 2.75) is 13.0 Å². The average molecular weight is 299 g/mol. The van der Waals surface area contributed by atoms with Crippen molar-refractivity contribution in [3.05, 3.63) is 28.1 Å². The van der Waals surface area contributed by atoms with Gasteiger partial charge in [-0.15, -0.1) is 16.4 Å². The Morgan fingerprint density at radius 2 is 2.42 bits per heavy atom. The highest BCUT2D eigenvalue weighted by Gasteiger charge is 2.11. The molecular weight excluding hydrogens is 286 g/mol. The molecule has 0 aliphatic heterocycles. The summed E-state index contributed by atoms with van der Waals surface area (Å²) in [4.78, 5) is 23.7. The van der Waals surface area contributed by atoms with Crippen molar-refractivity contribution in [3.63, 3.8) is 0 Å². The van der Waals surface area contributed by atoms with Gasteiger partial charge in [0.15, 0.2) is 0 Å². The van der Waals surface area contributed by atoms with Gasteiger partial charge in [0.1, 0.15) is 0 Å². The molecule has 0 aromatic carbocycles. The maximum Gasteiger partial charge on any atom is 0.437 e. The number of thiol groups is 1. The lowest BCUT2D eigenvalue weighted by atomic mass is 10.4. The summed E-state index contributed by atoms with van der Waals surface area (Å²) in [5, 5.41) is 8.60. The van der Waals surface area contributed by atoms with E-state index in [1.807, 2.05) is 17.5 Å². The minimum absolute atomic E-state index is 0.137. The summed E-state index contributed by atoms with van der Waals surface area (Å²) in [5.41, 5.74) is 0. The first-order valence-electron chi connectivity index (χ1n) is 5.70. The van der Waals surface area contributed by atoms with E-state index in [9.17, 15) is 9.59 Å². The number of aromatic nitrogens is 2. The van der Waals surface area contributed by atoms with Crippen molar-refractivity contribution >= 4 is 29.9 Å². The molecule has 2 aromatic rings. The summed E-state index contributed by atoms with van der Waals surface area (Å²) in [6.45, 7) is 0.711. The number of nitrogens with one attached hydrogen (secondary N) is 1. The normalized spacial score (nSPS) is 10.6. The number of carbonyl (C=O) groups excluding carboxylic acids is 1. The van der Waals surface area contributed by atoms with E-state index in [-0.39, 0.29) is 24.8 Å². The second kappa shape index (κ2) is 6.58. The minimum atomic E-state index is -0.551. The Labute approximate surface area is 118 Å². The van der Waals surface area contributed by atoms with E-state index in [1.165, 1.54) is 11.3 Å². The number of nitrogens with zero attached hydrogens (tertiary/aromatic N) is 2. The van der Waals surface area contributed by atoms with Gasteiger partial charge in [0.25, 0.3) is 5.89 Å². The zero-order valence-corrected chi connectivity index (χ0v) is 11.7. The van der Waals surface area contributed by atoms with Gasteiger partial charge in [0, 0.05) is 18.7 Å². The number of thiophene rings is 1. The predicted molar refractivity (Wildman–Crippen MR) is 75.6 cm³/mol. The zero-order chi connectivity index (χ0) is 13.7. The SMILES string of the molecule is O=C(CCn1nc(-c2cccs2)oc1=O)NCCS. The van der Waals surface area contributed by atoms with E-state index >= 15 is 0 Å². The molecule has 1 amide bonds. The van der Waals surface area contributed by atoms with E-state index in [4.69, 9.17) is 4.42 Å². The Bertz CT molecular complexity index is 589. The lowest BCUT2D eigenvalue weighted by Crippen LogP contribution is -2.28. The molecule has 8 heteroatoms. The number of amides is 1. The van der Waals surface area contributed by atoms with Crippen LogP contribution in [0.1, 0.15) is 6.42 Å². The third kappa shape index (κ3) is 3.71. The van der Waals surface area contributed by atoms with Crippen molar-refractivity contribution < 1.29 is 9.21 Å². The molecule has 0 aliphatic rings. The third-order valence-corrected chi connectivity index (χ3v) is 3.40. The van der Waals surface area contributed by atoms with Crippen molar-refractivity contribution in [1.82, 2.24) is 15.1 Å². The quantitative estimate of drug-likeness (QED) is 0.780. The van der Waals surface area contributed by atoms with Gasteiger partial charge in [-0.3, -0.25) is 4.79 Å². The first-order chi connectivity index (χ1) is 9.20. The van der Waals surface area contributed by atoms with Gasteiger partial charge >= 0.3 is 5.76 Å². The topological polar surface area (TPSA) is 77.1 Å². The van der Waals surface area contributed by atoms with Crippen LogP contribution in [0, 0.1) is 0 Å². The van der Waals surface area contributed by atoms with Crippen LogP contribution in [-0.2, 0) is 11.3 Å². The highest BCUT2D eigenvalue weighted by Crippen LogP contribution is 2.20. The Morgan fingerprint density at radius 1 is 1.58 bits per heavy atom. The molecule has 2 aromatic heterocycles. The molecular formula is C11H13N3O3S2. The summed E-state index contributed by atoms with van der Waals surface area (Å²) in [6, 6.07) is 3.67. The number of carbonyl (C=O) groups is 1. The number of hydrogen-bond donors (Lipinski definition) is 2. The van der Waals surface area contributed by atoms with Crippen molar-refractivity contribution in [2.75, 3.05) is 12.3 Å². The summed E-state index contributed by atoms with van der Waals surface area (Å²) in [5.74, 6) is 0.181. The lowest BCUT2D eigenvalue weighted by Gasteiger charge is -2.01. The number of hydrogen-bond acceptors (Lipinski definition) is 6. The zero-order valence-electron chi connectivity index (χ0n) is 10.0. The first kappa shape index (κ1) is 13.9. The molecule has 6 nitrogen and oxygen atoms in total. The summed E-state index contributed by atoms with van der Waals surface area (Å²) in [6.07, 6.45) is 0.185. The van der Waals surface area contributed by atoms with Crippen LogP contribution in [-0.4, -0.2) is 28.0 Å². The molecule has 0 radical (unpaired) electrons. The van der Waals surface area contributed by atoms with E-state index in [2.05, 4.69) is 23.0 Å². The maximum absolute atomic E-state index is 11.6. The van der Waals surface area contributed by atoms with E-state index in [1.54, 1.807) is 0 Å². The van der Waals surface area contributed by atoms with Crippen LogP contribution < -0.4 is 11.1 Å². The molecule has 0 fully saturated rings. The van der Waals surface area contributed by atoms with Crippen molar-refractivity contribution in [3.8, 4) is 10.8 Å². The molecule has 1 N–H and O–H groups in total. The fourth-order valence-electron chi connectivity index (χ4n) is 1.44. The highest BCUT2D eigenvalue weighted by molar-refractivity contribution is 7.80. The molecule has 0 spiro atoms. The number of aryl methyl sites for hydroxylation is 1. The monoisotopic (exact) mass is 299 g/mol. The second-order valence-corrected chi connectivity index (χ2v) is 5.09. The van der Waals surface area contributed by atoms with E-state index in [0.29, 0.717) is 12.3 Å². The third-order valence-electron chi connectivity index (χ3n) is 2.32. The highest BCUT2D eigenvalue weighted by atomic mass is 32.1. The van der Waals surface area contributed by atoms with Gasteiger partial charge < -0.3 is 9.73 Å². The Balaban J connectivity index is 1.98. The van der Waals surface area contributed by atoms with Gasteiger partial charge in [0.2, 0.25) is 5.91 Å². The van der Waals surface area contributed by atoms with Crippen LogP contribution in [0.5, 0.6) is 0 Å². The first-order valence-corrected chi connectivity index (χ1v) is 7.21. The van der Waals surface area contributed by atoms with Crippen LogP contribution in [0.3, 0.4) is 0 Å². The van der Waals surface area contributed by atoms with Gasteiger partial charge in [-0.2, -0.15) is 17.3 Å². The predicted octanol–water partition coefficient (Wildman–Crippen LogP) is 1.00. The Hall–Kier alpha value is -1.54. The molecule has 2 rings (SSSR count). The molecule has 102 valence electrons. The fraction of sp³-hybridized carbons (Fsp3) is 0.364. The Kier molecular flexibility index (Phi) is 4.80. The minimum Gasteiger partial charge on any atom is -0.387 e. The summed E-state index contributed by atoms with van der Waals surface area (Å²) in [7, 11) is 0. The smallest absolute Gasteiger partial charge is 0.387 e. The van der Waals surface area contributed by atoms with E-state index in [0.717, 1.165) is 9.56 Å². The molecule has 0 atom stereocenters. The van der Waals surface area contributed by atoms with Gasteiger partial charge in [-0.05, 0) is 11.4 Å². The van der Waals surface area contributed by atoms with Gasteiger partial charge in [0.05, 0.1) is 11.4 Å². The molecule has 2 heterocycles. The number of rotatable bonds is 6. The Morgan fingerprint density at radius 3 is 3.11 bits per heavy atom. The molecule has 0 saturated heterocycles. The molecule has 19 heavy (non-hydrogen) atoms. The second-order valence-electron chi connectivity index (χ2n) is 3.70.